The summed E-state index contributed by atoms with van der Waals surface area (Å²) in [5.41, 5.74) is 6.97. The summed E-state index contributed by atoms with van der Waals surface area (Å²) in [6, 6.07) is 18.8. The van der Waals surface area contributed by atoms with Crippen LogP contribution >= 0.6 is 0 Å². The maximum absolute atomic E-state index is 12.5. The van der Waals surface area contributed by atoms with E-state index in [1.54, 1.807) is 0 Å². The minimum absolute atomic E-state index is 0.00522. The van der Waals surface area contributed by atoms with Crippen LogP contribution in [0.4, 0.5) is 0 Å². The molecule has 0 aliphatic carbocycles. The zero-order chi connectivity index (χ0) is 16.1. The first kappa shape index (κ1) is 15.6. The lowest BCUT2D eigenvalue weighted by atomic mass is 10.0. The van der Waals surface area contributed by atoms with Gasteiger partial charge < -0.3 is 15.4 Å². The molecular weight excluding hydrogens is 288 g/mol. The zero-order valence-corrected chi connectivity index (χ0v) is 13.1. The monoisotopic (exact) mass is 310 g/mol. The molecule has 1 saturated heterocycles. The molecule has 1 amide bonds. The molecule has 23 heavy (non-hydrogen) atoms. The number of likely N-dealkylation sites (tertiary alicyclic amines) is 1. The van der Waals surface area contributed by atoms with Gasteiger partial charge in [0.2, 0.25) is 5.91 Å². The summed E-state index contributed by atoms with van der Waals surface area (Å²) in [4.78, 5) is 14.4. The predicted octanol–water partition coefficient (Wildman–Crippen LogP) is 2.76. The standard InChI is InChI=1S/C19H22N2O2/c20-18(15-7-3-1-4-8-15)19(22)21-13-11-17(12-14-21)23-16-9-5-2-6-10-16/h1-10,17-18H,11-14,20H2. The lowest BCUT2D eigenvalue weighted by Gasteiger charge is -2.33. The minimum atomic E-state index is -0.581. The summed E-state index contributed by atoms with van der Waals surface area (Å²) < 4.78 is 5.96. The highest BCUT2D eigenvalue weighted by Gasteiger charge is 2.27. The third-order valence-electron chi connectivity index (χ3n) is 4.22. The van der Waals surface area contributed by atoms with Gasteiger partial charge in [0.1, 0.15) is 17.9 Å². The second kappa shape index (κ2) is 7.29. The Morgan fingerprint density at radius 2 is 1.57 bits per heavy atom. The van der Waals surface area contributed by atoms with Gasteiger partial charge in [-0.3, -0.25) is 4.79 Å². The van der Waals surface area contributed by atoms with Crippen molar-refractivity contribution in [3.05, 3.63) is 66.2 Å². The number of nitrogens with two attached hydrogens (primary N) is 1. The van der Waals surface area contributed by atoms with Crippen molar-refractivity contribution in [2.75, 3.05) is 13.1 Å². The van der Waals surface area contributed by atoms with Crippen LogP contribution in [0.15, 0.2) is 60.7 Å². The van der Waals surface area contributed by atoms with E-state index in [2.05, 4.69) is 0 Å². The average molecular weight is 310 g/mol. The van der Waals surface area contributed by atoms with E-state index in [1.165, 1.54) is 0 Å². The molecule has 1 aliphatic heterocycles. The summed E-state index contributed by atoms with van der Waals surface area (Å²) in [6.07, 6.45) is 1.83. The molecule has 0 saturated carbocycles. The van der Waals surface area contributed by atoms with Crippen LogP contribution < -0.4 is 10.5 Å². The molecule has 0 radical (unpaired) electrons. The number of rotatable bonds is 4. The fourth-order valence-corrected chi connectivity index (χ4v) is 2.89. The quantitative estimate of drug-likeness (QED) is 0.944. The number of hydrogen-bond acceptors (Lipinski definition) is 3. The highest BCUT2D eigenvalue weighted by Crippen LogP contribution is 2.21. The van der Waals surface area contributed by atoms with E-state index in [0.29, 0.717) is 13.1 Å². The van der Waals surface area contributed by atoms with Crippen LogP contribution in [0, 0.1) is 0 Å². The van der Waals surface area contributed by atoms with Gasteiger partial charge in [0.25, 0.3) is 0 Å². The third kappa shape index (κ3) is 3.90. The van der Waals surface area contributed by atoms with Crippen molar-refractivity contribution in [2.45, 2.75) is 25.0 Å². The molecule has 2 N–H and O–H groups in total. The van der Waals surface area contributed by atoms with Gasteiger partial charge in [-0.25, -0.2) is 0 Å². The molecular formula is C19H22N2O2. The van der Waals surface area contributed by atoms with Gasteiger partial charge in [-0.15, -0.1) is 0 Å². The topological polar surface area (TPSA) is 55.6 Å². The van der Waals surface area contributed by atoms with Crippen molar-refractivity contribution in [1.82, 2.24) is 4.90 Å². The molecule has 3 rings (SSSR count). The molecule has 120 valence electrons. The van der Waals surface area contributed by atoms with Crippen LogP contribution in [-0.2, 0) is 4.79 Å². The molecule has 4 nitrogen and oxygen atoms in total. The molecule has 1 fully saturated rings. The number of hydrogen-bond donors (Lipinski definition) is 1. The van der Waals surface area contributed by atoms with Crippen LogP contribution in [-0.4, -0.2) is 30.0 Å². The predicted molar refractivity (Wildman–Crippen MR) is 90.0 cm³/mol. The third-order valence-corrected chi connectivity index (χ3v) is 4.22. The SMILES string of the molecule is NC(C(=O)N1CCC(Oc2ccccc2)CC1)c1ccccc1. The van der Waals surface area contributed by atoms with E-state index in [1.807, 2.05) is 65.6 Å². The second-order valence-electron chi connectivity index (χ2n) is 5.84. The lowest BCUT2D eigenvalue weighted by molar-refractivity contribution is -0.134. The Hall–Kier alpha value is -2.33. The summed E-state index contributed by atoms with van der Waals surface area (Å²) in [5.74, 6) is 0.882. The van der Waals surface area contributed by atoms with Gasteiger partial charge in [-0.2, -0.15) is 0 Å². The Labute approximate surface area is 136 Å². The molecule has 1 unspecified atom stereocenters. The Kier molecular flexibility index (Phi) is 4.93. The van der Waals surface area contributed by atoms with Crippen molar-refractivity contribution in [2.24, 2.45) is 5.73 Å². The number of nitrogens with zero attached hydrogens (tertiary/aromatic N) is 1. The molecule has 0 bridgehead atoms. The van der Waals surface area contributed by atoms with E-state index in [4.69, 9.17) is 10.5 Å². The van der Waals surface area contributed by atoms with Gasteiger partial charge in [0.15, 0.2) is 0 Å². The van der Waals surface area contributed by atoms with Crippen LogP contribution in [0.1, 0.15) is 24.4 Å². The Bertz CT molecular complexity index is 622. The Morgan fingerprint density at radius 1 is 1.00 bits per heavy atom. The minimum Gasteiger partial charge on any atom is -0.490 e. The van der Waals surface area contributed by atoms with Gasteiger partial charge in [-0.05, 0) is 17.7 Å². The molecule has 1 aliphatic rings. The van der Waals surface area contributed by atoms with Crippen LogP contribution in [0.2, 0.25) is 0 Å². The molecule has 1 atom stereocenters. The number of amides is 1. The summed E-state index contributed by atoms with van der Waals surface area (Å²) in [7, 11) is 0. The fraction of sp³-hybridized carbons (Fsp3) is 0.316. The molecule has 0 aromatic heterocycles. The van der Waals surface area contributed by atoms with E-state index in [-0.39, 0.29) is 12.0 Å². The van der Waals surface area contributed by atoms with Crippen LogP contribution in [0.25, 0.3) is 0 Å². The second-order valence-corrected chi connectivity index (χ2v) is 5.84. The van der Waals surface area contributed by atoms with Gasteiger partial charge in [0, 0.05) is 25.9 Å². The summed E-state index contributed by atoms with van der Waals surface area (Å²) in [6.45, 7) is 1.38. The number of benzene rings is 2. The zero-order valence-electron chi connectivity index (χ0n) is 13.1. The highest BCUT2D eigenvalue weighted by atomic mass is 16.5. The van der Waals surface area contributed by atoms with Gasteiger partial charge in [0.05, 0.1) is 0 Å². The molecule has 2 aromatic carbocycles. The number of para-hydroxylation sites is 1. The number of piperidine rings is 1. The number of carbonyl (C=O) groups is 1. The van der Waals surface area contributed by atoms with Gasteiger partial charge in [-0.1, -0.05) is 48.5 Å². The van der Waals surface area contributed by atoms with Crippen molar-refractivity contribution in [3.8, 4) is 5.75 Å². The highest BCUT2D eigenvalue weighted by molar-refractivity contribution is 5.83. The van der Waals surface area contributed by atoms with E-state index < -0.39 is 6.04 Å². The fourth-order valence-electron chi connectivity index (χ4n) is 2.89. The molecule has 1 heterocycles. The van der Waals surface area contributed by atoms with E-state index >= 15 is 0 Å². The van der Waals surface area contributed by atoms with Crippen LogP contribution in [0.5, 0.6) is 5.75 Å². The maximum Gasteiger partial charge on any atom is 0.244 e. The van der Waals surface area contributed by atoms with Crippen molar-refractivity contribution >= 4 is 5.91 Å². The molecule has 2 aromatic rings. The number of ether oxygens (including phenoxy) is 1. The Morgan fingerprint density at radius 3 is 2.17 bits per heavy atom. The van der Waals surface area contributed by atoms with E-state index in [9.17, 15) is 4.79 Å². The molecule has 4 heteroatoms. The lowest BCUT2D eigenvalue weighted by Crippen LogP contribution is -2.45. The first-order chi connectivity index (χ1) is 11.2. The Balaban J connectivity index is 1.53. The van der Waals surface area contributed by atoms with Gasteiger partial charge >= 0.3 is 0 Å². The van der Waals surface area contributed by atoms with E-state index in [0.717, 1.165) is 24.2 Å². The van der Waals surface area contributed by atoms with Crippen molar-refractivity contribution < 1.29 is 9.53 Å². The summed E-state index contributed by atoms with van der Waals surface area (Å²) >= 11 is 0. The first-order valence-electron chi connectivity index (χ1n) is 8.05. The average Bonchev–Trinajstić information content (AvgIpc) is 2.63. The smallest absolute Gasteiger partial charge is 0.244 e. The maximum atomic E-state index is 12.5. The largest absolute Gasteiger partial charge is 0.490 e. The first-order valence-corrected chi connectivity index (χ1v) is 8.05. The normalized spacial score (nSPS) is 16.8. The van der Waals surface area contributed by atoms with Crippen LogP contribution in [0.3, 0.4) is 0 Å². The number of carbonyl (C=O) groups excluding carboxylic acids is 1. The van der Waals surface area contributed by atoms with Crippen molar-refractivity contribution in [1.29, 1.82) is 0 Å². The molecule has 0 spiro atoms. The van der Waals surface area contributed by atoms with Crippen molar-refractivity contribution in [3.63, 3.8) is 0 Å². The summed E-state index contributed by atoms with van der Waals surface area (Å²) in [5, 5.41) is 0.